The van der Waals surface area contributed by atoms with Crippen molar-refractivity contribution in [3.05, 3.63) is 21.0 Å². The molecule has 6 heteroatoms. The summed E-state index contributed by atoms with van der Waals surface area (Å²) in [7, 11) is 1.63. The lowest BCUT2D eigenvalue weighted by Crippen LogP contribution is -2.24. The van der Waals surface area contributed by atoms with Gasteiger partial charge in [-0.1, -0.05) is 6.92 Å². The summed E-state index contributed by atoms with van der Waals surface area (Å²) in [6.07, 6.45) is 1.67. The predicted octanol–water partition coefficient (Wildman–Crippen LogP) is 2.10. The van der Waals surface area contributed by atoms with Crippen LogP contribution in [0.3, 0.4) is 0 Å². The minimum Gasteiger partial charge on any atom is -0.379 e. The van der Waals surface area contributed by atoms with Crippen LogP contribution in [0.1, 0.15) is 13.8 Å². The average molecular weight is 306 g/mol. The first-order valence-electron chi connectivity index (χ1n) is 5.12. The van der Waals surface area contributed by atoms with Gasteiger partial charge in [-0.05, 0) is 28.6 Å². The standard InChI is InChI=1S/C10H16BrN3OS/c1-4-16-6-7(2)13-8-5-12-14(3)10(15)9(8)11/h5,7,13H,4,6H2,1-3H3. The van der Waals surface area contributed by atoms with Crippen molar-refractivity contribution < 1.29 is 0 Å². The molecule has 1 unspecified atom stereocenters. The quantitative estimate of drug-likeness (QED) is 0.905. The lowest BCUT2D eigenvalue weighted by atomic mass is 10.3. The van der Waals surface area contributed by atoms with Crippen molar-refractivity contribution >= 4 is 33.4 Å². The molecule has 1 heterocycles. The van der Waals surface area contributed by atoms with E-state index in [1.54, 1.807) is 13.2 Å². The summed E-state index contributed by atoms with van der Waals surface area (Å²) in [5.74, 6) is 2.11. The zero-order valence-electron chi connectivity index (χ0n) is 9.66. The van der Waals surface area contributed by atoms with E-state index in [1.165, 1.54) is 4.68 Å². The number of hydrogen-bond donors (Lipinski definition) is 1. The SMILES string of the molecule is CCSCC(C)Nc1cnn(C)c(=O)c1Br. The third kappa shape index (κ3) is 3.52. The first-order valence-corrected chi connectivity index (χ1v) is 7.07. The Hall–Kier alpha value is -0.490. The fourth-order valence-electron chi connectivity index (χ4n) is 1.21. The van der Waals surface area contributed by atoms with Crippen molar-refractivity contribution in [1.29, 1.82) is 0 Å². The van der Waals surface area contributed by atoms with Crippen molar-refractivity contribution in [2.45, 2.75) is 19.9 Å². The zero-order valence-corrected chi connectivity index (χ0v) is 12.1. The molecule has 0 fully saturated rings. The number of halogens is 1. The number of hydrogen-bond acceptors (Lipinski definition) is 4. The molecule has 90 valence electrons. The molecule has 0 bridgehead atoms. The predicted molar refractivity (Wildman–Crippen MR) is 73.3 cm³/mol. The molecule has 16 heavy (non-hydrogen) atoms. The Bertz CT molecular complexity index is 408. The maximum Gasteiger partial charge on any atom is 0.282 e. The van der Waals surface area contributed by atoms with Crippen LogP contribution in [-0.2, 0) is 7.05 Å². The number of rotatable bonds is 5. The first-order chi connectivity index (χ1) is 7.56. The van der Waals surface area contributed by atoms with Crippen molar-refractivity contribution in [1.82, 2.24) is 9.78 Å². The Kier molecular flexibility index (Phi) is 5.34. The summed E-state index contributed by atoms with van der Waals surface area (Å²) in [6.45, 7) is 4.22. The second-order valence-corrected chi connectivity index (χ2v) is 5.62. The summed E-state index contributed by atoms with van der Waals surface area (Å²) >= 11 is 5.15. The maximum absolute atomic E-state index is 11.6. The average Bonchev–Trinajstić information content (AvgIpc) is 2.27. The second-order valence-electron chi connectivity index (χ2n) is 3.51. The van der Waals surface area contributed by atoms with Gasteiger partial charge in [0, 0.05) is 18.8 Å². The summed E-state index contributed by atoms with van der Waals surface area (Å²) in [5.41, 5.74) is 0.632. The monoisotopic (exact) mass is 305 g/mol. The highest BCUT2D eigenvalue weighted by atomic mass is 79.9. The van der Waals surface area contributed by atoms with Gasteiger partial charge >= 0.3 is 0 Å². The van der Waals surface area contributed by atoms with Gasteiger partial charge in [0.15, 0.2) is 0 Å². The van der Waals surface area contributed by atoms with Crippen LogP contribution in [0.5, 0.6) is 0 Å². The number of nitrogens with zero attached hydrogens (tertiary/aromatic N) is 2. The molecule has 1 rings (SSSR count). The van der Waals surface area contributed by atoms with E-state index in [2.05, 4.69) is 40.2 Å². The third-order valence-corrected chi connectivity index (χ3v) is 3.96. The normalized spacial score (nSPS) is 12.5. The van der Waals surface area contributed by atoms with Gasteiger partial charge < -0.3 is 5.32 Å². The highest BCUT2D eigenvalue weighted by Crippen LogP contribution is 2.17. The van der Waals surface area contributed by atoms with Gasteiger partial charge in [0.2, 0.25) is 0 Å². The maximum atomic E-state index is 11.6. The number of aryl methyl sites for hydroxylation is 1. The highest BCUT2D eigenvalue weighted by Gasteiger charge is 2.09. The summed E-state index contributed by atoms with van der Waals surface area (Å²) in [5, 5.41) is 7.25. The van der Waals surface area contributed by atoms with E-state index in [0.29, 0.717) is 10.5 Å². The summed E-state index contributed by atoms with van der Waals surface area (Å²) in [6, 6.07) is 0.315. The molecule has 0 saturated carbocycles. The number of nitrogens with one attached hydrogen (secondary N) is 1. The molecule has 0 aliphatic rings. The van der Waals surface area contributed by atoms with Gasteiger partial charge in [-0.15, -0.1) is 0 Å². The molecule has 0 radical (unpaired) electrons. The molecular formula is C10H16BrN3OS. The van der Waals surface area contributed by atoms with Gasteiger partial charge in [0.25, 0.3) is 5.56 Å². The van der Waals surface area contributed by atoms with Crippen LogP contribution in [0.4, 0.5) is 5.69 Å². The number of anilines is 1. The Morgan fingerprint density at radius 2 is 2.38 bits per heavy atom. The van der Waals surface area contributed by atoms with Crippen molar-refractivity contribution in [3.63, 3.8) is 0 Å². The molecule has 0 saturated heterocycles. The van der Waals surface area contributed by atoms with E-state index in [-0.39, 0.29) is 5.56 Å². The van der Waals surface area contributed by atoms with Crippen molar-refractivity contribution in [2.24, 2.45) is 7.05 Å². The van der Waals surface area contributed by atoms with Crippen molar-refractivity contribution in [3.8, 4) is 0 Å². The minimum absolute atomic E-state index is 0.125. The van der Waals surface area contributed by atoms with E-state index in [4.69, 9.17) is 0 Å². The fourth-order valence-corrected chi connectivity index (χ4v) is 2.36. The lowest BCUT2D eigenvalue weighted by molar-refractivity contribution is 0.701. The van der Waals surface area contributed by atoms with Crippen LogP contribution >= 0.6 is 27.7 Å². The molecule has 1 aromatic heterocycles. The molecule has 0 aromatic carbocycles. The molecule has 0 aliphatic heterocycles. The fraction of sp³-hybridized carbons (Fsp3) is 0.600. The smallest absolute Gasteiger partial charge is 0.282 e. The van der Waals surface area contributed by atoms with E-state index in [9.17, 15) is 4.79 Å². The Labute approximate surface area is 108 Å². The van der Waals surface area contributed by atoms with Gasteiger partial charge in [-0.3, -0.25) is 4.79 Å². The zero-order chi connectivity index (χ0) is 12.1. The van der Waals surface area contributed by atoms with Crippen LogP contribution in [0.2, 0.25) is 0 Å². The summed E-state index contributed by atoms with van der Waals surface area (Å²) < 4.78 is 1.85. The highest BCUT2D eigenvalue weighted by molar-refractivity contribution is 9.10. The summed E-state index contributed by atoms with van der Waals surface area (Å²) in [4.78, 5) is 11.6. The minimum atomic E-state index is -0.125. The van der Waals surface area contributed by atoms with E-state index in [1.807, 2.05) is 11.8 Å². The van der Waals surface area contributed by atoms with Crippen LogP contribution < -0.4 is 10.9 Å². The molecule has 4 nitrogen and oxygen atoms in total. The molecule has 1 atom stereocenters. The van der Waals surface area contributed by atoms with E-state index < -0.39 is 0 Å². The van der Waals surface area contributed by atoms with Gasteiger partial charge in [0.05, 0.1) is 11.9 Å². The molecule has 0 aliphatic carbocycles. The lowest BCUT2D eigenvalue weighted by Gasteiger charge is -2.15. The number of aromatic nitrogens is 2. The first kappa shape index (κ1) is 13.6. The second kappa shape index (κ2) is 6.30. The third-order valence-electron chi connectivity index (χ3n) is 2.05. The molecule has 1 aromatic rings. The topological polar surface area (TPSA) is 46.9 Å². The molecule has 0 amide bonds. The Morgan fingerprint density at radius 3 is 3.00 bits per heavy atom. The Balaban J connectivity index is 2.74. The van der Waals surface area contributed by atoms with Crippen LogP contribution in [0, 0.1) is 0 Å². The van der Waals surface area contributed by atoms with Gasteiger partial charge in [-0.2, -0.15) is 16.9 Å². The van der Waals surface area contributed by atoms with Gasteiger partial charge in [-0.25, -0.2) is 4.68 Å². The van der Waals surface area contributed by atoms with Gasteiger partial charge in [0.1, 0.15) is 4.47 Å². The van der Waals surface area contributed by atoms with E-state index >= 15 is 0 Å². The van der Waals surface area contributed by atoms with E-state index in [0.717, 1.165) is 17.2 Å². The molecule has 1 N–H and O–H groups in total. The molecular weight excluding hydrogens is 290 g/mol. The van der Waals surface area contributed by atoms with Crippen LogP contribution in [-0.4, -0.2) is 27.3 Å². The molecule has 0 spiro atoms. The van der Waals surface area contributed by atoms with Crippen LogP contribution in [0.25, 0.3) is 0 Å². The Morgan fingerprint density at radius 1 is 1.69 bits per heavy atom. The largest absolute Gasteiger partial charge is 0.379 e. The number of thioether (sulfide) groups is 1. The van der Waals surface area contributed by atoms with Crippen LogP contribution in [0.15, 0.2) is 15.5 Å². The van der Waals surface area contributed by atoms with Crippen molar-refractivity contribution in [2.75, 3.05) is 16.8 Å².